The highest BCUT2D eigenvalue weighted by Gasteiger charge is 2.28. The molecule has 5 nitrogen and oxygen atoms in total. The second kappa shape index (κ2) is 6.77. The normalized spacial score (nSPS) is 19.3. The molecule has 1 aromatic heterocycles. The summed E-state index contributed by atoms with van der Waals surface area (Å²) in [7, 11) is 0. The van der Waals surface area contributed by atoms with E-state index in [4.69, 9.17) is 5.11 Å². The minimum absolute atomic E-state index is 0.0828. The lowest BCUT2D eigenvalue weighted by Crippen LogP contribution is -2.43. The number of aromatic nitrogens is 2. The van der Waals surface area contributed by atoms with Gasteiger partial charge in [-0.05, 0) is 31.0 Å². The molecular weight excluding hydrogens is 302 g/mol. The first kappa shape index (κ1) is 16.7. The van der Waals surface area contributed by atoms with E-state index in [0.717, 1.165) is 32.5 Å². The van der Waals surface area contributed by atoms with E-state index in [1.165, 1.54) is 5.56 Å². The van der Waals surface area contributed by atoms with Crippen LogP contribution in [0.4, 0.5) is 0 Å². The van der Waals surface area contributed by atoms with Crippen molar-refractivity contribution in [2.75, 3.05) is 19.6 Å². The van der Waals surface area contributed by atoms with Crippen LogP contribution in [0.15, 0.2) is 42.6 Å². The molecule has 2 heterocycles. The number of piperidine rings is 1. The van der Waals surface area contributed by atoms with Gasteiger partial charge in [0.2, 0.25) is 0 Å². The van der Waals surface area contributed by atoms with Gasteiger partial charge in [-0.2, -0.15) is 5.10 Å². The number of carboxylic acid groups (broad SMARTS) is 1. The Bertz CT molecular complexity index is 694. The summed E-state index contributed by atoms with van der Waals surface area (Å²) in [6.45, 7) is 7.54. The Morgan fingerprint density at radius 2 is 2.04 bits per heavy atom. The van der Waals surface area contributed by atoms with Gasteiger partial charge in [0.25, 0.3) is 0 Å². The Balaban J connectivity index is 1.68. The van der Waals surface area contributed by atoms with Crippen molar-refractivity contribution in [3.8, 4) is 0 Å². The molecule has 1 N–H and O–H groups in total. The minimum Gasteiger partial charge on any atom is -0.476 e. The molecule has 1 atom stereocenters. The molecular formula is C19H25N3O2. The van der Waals surface area contributed by atoms with E-state index in [1.54, 1.807) is 12.3 Å². The Morgan fingerprint density at radius 1 is 1.29 bits per heavy atom. The summed E-state index contributed by atoms with van der Waals surface area (Å²) in [6, 6.07) is 12.4. The van der Waals surface area contributed by atoms with Gasteiger partial charge in [0, 0.05) is 24.7 Å². The third-order valence-corrected chi connectivity index (χ3v) is 4.86. The summed E-state index contributed by atoms with van der Waals surface area (Å²) in [5.74, 6) is -0.966. The largest absolute Gasteiger partial charge is 0.476 e. The van der Waals surface area contributed by atoms with Gasteiger partial charge in [-0.15, -0.1) is 0 Å². The molecule has 0 bridgehead atoms. The van der Waals surface area contributed by atoms with Crippen molar-refractivity contribution < 1.29 is 9.90 Å². The number of carboxylic acids is 1. The monoisotopic (exact) mass is 327 g/mol. The zero-order valence-corrected chi connectivity index (χ0v) is 14.4. The second-order valence-corrected chi connectivity index (χ2v) is 7.27. The summed E-state index contributed by atoms with van der Waals surface area (Å²) in [6.07, 6.45) is 3.95. The standard InChI is InChI=1S/C19H25N3O2/c1-19(2,15-7-4-3-5-8-15)14-21-11-6-9-16(13-21)22-12-10-17(20-22)18(23)24/h3-5,7-8,10,12,16H,6,9,11,13-14H2,1-2H3,(H,23,24). The average Bonchev–Trinajstić information content (AvgIpc) is 3.06. The topological polar surface area (TPSA) is 58.4 Å². The number of benzene rings is 1. The van der Waals surface area contributed by atoms with Gasteiger partial charge in [-0.1, -0.05) is 44.2 Å². The van der Waals surface area contributed by atoms with Crippen LogP contribution in [-0.2, 0) is 5.41 Å². The molecule has 0 spiro atoms. The van der Waals surface area contributed by atoms with Crippen molar-refractivity contribution in [3.63, 3.8) is 0 Å². The van der Waals surface area contributed by atoms with Crippen molar-refractivity contribution in [2.45, 2.75) is 38.1 Å². The van der Waals surface area contributed by atoms with Crippen LogP contribution in [0.3, 0.4) is 0 Å². The third-order valence-electron chi connectivity index (χ3n) is 4.86. The van der Waals surface area contributed by atoms with Gasteiger partial charge in [-0.25, -0.2) is 4.79 Å². The van der Waals surface area contributed by atoms with E-state index in [-0.39, 0.29) is 17.2 Å². The van der Waals surface area contributed by atoms with E-state index in [9.17, 15) is 4.79 Å². The van der Waals surface area contributed by atoms with Crippen molar-refractivity contribution in [1.29, 1.82) is 0 Å². The maximum atomic E-state index is 11.0. The van der Waals surface area contributed by atoms with Crippen LogP contribution in [0.5, 0.6) is 0 Å². The van der Waals surface area contributed by atoms with Gasteiger partial charge < -0.3 is 10.0 Å². The highest BCUT2D eigenvalue weighted by Crippen LogP contribution is 2.28. The molecule has 1 aliphatic rings. The highest BCUT2D eigenvalue weighted by molar-refractivity contribution is 5.85. The van der Waals surface area contributed by atoms with Crippen molar-refractivity contribution in [2.24, 2.45) is 0 Å². The van der Waals surface area contributed by atoms with Gasteiger partial charge in [0.05, 0.1) is 6.04 Å². The fourth-order valence-corrected chi connectivity index (χ4v) is 3.59. The zero-order valence-electron chi connectivity index (χ0n) is 14.4. The van der Waals surface area contributed by atoms with Crippen LogP contribution < -0.4 is 0 Å². The molecule has 3 rings (SSSR count). The van der Waals surface area contributed by atoms with Crippen molar-refractivity contribution in [1.82, 2.24) is 14.7 Å². The lowest BCUT2D eigenvalue weighted by molar-refractivity contribution is 0.0688. The lowest BCUT2D eigenvalue weighted by Gasteiger charge is -2.38. The molecule has 0 amide bonds. The molecule has 2 aromatic rings. The fourth-order valence-electron chi connectivity index (χ4n) is 3.59. The van der Waals surface area contributed by atoms with E-state index in [2.05, 4.69) is 48.1 Å². The van der Waals surface area contributed by atoms with Crippen LogP contribution >= 0.6 is 0 Å². The quantitative estimate of drug-likeness (QED) is 0.916. The number of hydrogen-bond acceptors (Lipinski definition) is 3. The van der Waals surface area contributed by atoms with Crippen molar-refractivity contribution in [3.05, 3.63) is 53.9 Å². The molecule has 24 heavy (non-hydrogen) atoms. The number of nitrogens with zero attached hydrogens (tertiary/aromatic N) is 3. The number of carbonyl (C=O) groups is 1. The van der Waals surface area contributed by atoms with E-state index in [1.807, 2.05) is 10.7 Å². The van der Waals surface area contributed by atoms with E-state index >= 15 is 0 Å². The maximum Gasteiger partial charge on any atom is 0.356 e. The molecule has 0 saturated carbocycles. The van der Waals surface area contributed by atoms with Gasteiger partial charge in [-0.3, -0.25) is 4.68 Å². The SMILES string of the molecule is CC(C)(CN1CCCC(n2ccc(C(=O)O)n2)C1)c1ccccc1. The Hall–Kier alpha value is -2.14. The van der Waals surface area contributed by atoms with Crippen LogP contribution in [-0.4, -0.2) is 45.4 Å². The first-order chi connectivity index (χ1) is 11.5. The molecule has 1 unspecified atom stereocenters. The van der Waals surface area contributed by atoms with Crippen molar-refractivity contribution >= 4 is 5.97 Å². The molecule has 1 fully saturated rings. The Kier molecular flexibility index (Phi) is 4.71. The van der Waals surface area contributed by atoms with Crippen LogP contribution in [0, 0.1) is 0 Å². The maximum absolute atomic E-state index is 11.0. The number of likely N-dealkylation sites (tertiary alicyclic amines) is 1. The van der Waals surface area contributed by atoms with Crippen LogP contribution in [0.2, 0.25) is 0 Å². The second-order valence-electron chi connectivity index (χ2n) is 7.27. The van der Waals surface area contributed by atoms with Gasteiger partial charge in [0.1, 0.15) is 0 Å². The predicted octanol–water partition coefficient (Wildman–Crippen LogP) is 3.20. The summed E-state index contributed by atoms with van der Waals surface area (Å²) in [5, 5.41) is 13.3. The molecule has 0 radical (unpaired) electrons. The van der Waals surface area contributed by atoms with Gasteiger partial charge >= 0.3 is 5.97 Å². The molecule has 128 valence electrons. The molecule has 0 aliphatic carbocycles. The smallest absolute Gasteiger partial charge is 0.356 e. The zero-order chi connectivity index (χ0) is 17.2. The van der Waals surface area contributed by atoms with Crippen LogP contribution in [0.25, 0.3) is 0 Å². The molecule has 5 heteroatoms. The number of hydrogen-bond donors (Lipinski definition) is 1. The summed E-state index contributed by atoms with van der Waals surface area (Å²) < 4.78 is 1.82. The predicted molar refractivity (Wildman–Crippen MR) is 93.4 cm³/mol. The van der Waals surface area contributed by atoms with Crippen LogP contribution in [0.1, 0.15) is 48.8 Å². The van der Waals surface area contributed by atoms with Gasteiger partial charge in [0.15, 0.2) is 5.69 Å². The van der Waals surface area contributed by atoms with E-state index in [0.29, 0.717) is 0 Å². The van der Waals surface area contributed by atoms with E-state index < -0.39 is 5.97 Å². The number of rotatable bonds is 5. The number of aromatic carboxylic acids is 1. The third kappa shape index (κ3) is 3.67. The summed E-state index contributed by atoms with van der Waals surface area (Å²) in [5.41, 5.74) is 1.55. The molecule has 1 aliphatic heterocycles. The highest BCUT2D eigenvalue weighted by atomic mass is 16.4. The molecule has 1 saturated heterocycles. The first-order valence-corrected chi connectivity index (χ1v) is 8.52. The first-order valence-electron chi connectivity index (χ1n) is 8.52. The average molecular weight is 327 g/mol. The Labute approximate surface area is 142 Å². The summed E-state index contributed by atoms with van der Waals surface area (Å²) >= 11 is 0. The lowest BCUT2D eigenvalue weighted by atomic mass is 9.83. The summed E-state index contributed by atoms with van der Waals surface area (Å²) in [4.78, 5) is 13.5. The Morgan fingerprint density at radius 3 is 2.71 bits per heavy atom. The minimum atomic E-state index is -0.966. The molecule has 1 aromatic carbocycles. The fraction of sp³-hybridized carbons (Fsp3) is 0.474.